The summed E-state index contributed by atoms with van der Waals surface area (Å²) in [6, 6.07) is 26.5. The van der Waals surface area contributed by atoms with Crippen LogP contribution in [0.15, 0.2) is 78.9 Å². The van der Waals surface area contributed by atoms with E-state index < -0.39 is 0 Å². The van der Waals surface area contributed by atoms with Crippen LogP contribution >= 0.6 is 0 Å². The van der Waals surface area contributed by atoms with Crippen molar-refractivity contribution in [1.29, 1.82) is 0 Å². The molecule has 3 aromatic carbocycles. The van der Waals surface area contributed by atoms with Crippen molar-refractivity contribution in [3.8, 4) is 11.5 Å². The first-order valence-electron chi connectivity index (χ1n) is 12.4. The number of likely N-dealkylation sites (tertiary alicyclic amines) is 1. The van der Waals surface area contributed by atoms with E-state index in [0.29, 0.717) is 0 Å². The first kappa shape index (κ1) is 22.7. The molecule has 34 heavy (non-hydrogen) atoms. The molecule has 1 saturated carbocycles. The summed E-state index contributed by atoms with van der Waals surface area (Å²) in [4.78, 5) is 16.0. The summed E-state index contributed by atoms with van der Waals surface area (Å²) in [6.07, 6.45) is 4.88. The van der Waals surface area contributed by atoms with Crippen LogP contribution in [0.5, 0.6) is 11.5 Å². The minimum atomic E-state index is -0.0983. The van der Waals surface area contributed by atoms with Crippen molar-refractivity contribution in [2.45, 2.75) is 44.2 Å². The Hall–Kier alpha value is -3.11. The lowest BCUT2D eigenvalue weighted by Crippen LogP contribution is -2.23. The predicted octanol–water partition coefficient (Wildman–Crippen LogP) is 6.12. The van der Waals surface area contributed by atoms with Gasteiger partial charge in [-0.1, -0.05) is 66.7 Å². The van der Waals surface area contributed by atoms with Crippen LogP contribution in [0.2, 0.25) is 0 Å². The number of hydrogen-bond donors (Lipinski definition) is 0. The number of methoxy groups -OCH3 is 1. The van der Waals surface area contributed by atoms with Crippen molar-refractivity contribution < 1.29 is 14.3 Å². The van der Waals surface area contributed by atoms with E-state index in [1.165, 1.54) is 18.4 Å². The SMILES string of the molecule is COc1ccc(C2CN(Cc3ccccc3)CC2C(=O)c2ccccc2)cc1OC1CCCC1. The fourth-order valence-electron chi connectivity index (χ4n) is 5.48. The molecule has 3 aromatic rings. The molecule has 0 N–H and O–H groups in total. The lowest BCUT2D eigenvalue weighted by molar-refractivity contribution is 0.0913. The maximum absolute atomic E-state index is 13.6. The first-order chi connectivity index (χ1) is 16.7. The third kappa shape index (κ3) is 5.02. The summed E-state index contributed by atoms with van der Waals surface area (Å²) in [5.74, 6) is 1.79. The fourth-order valence-corrected chi connectivity index (χ4v) is 5.48. The molecule has 4 nitrogen and oxygen atoms in total. The monoisotopic (exact) mass is 455 g/mol. The Morgan fingerprint density at radius 3 is 2.29 bits per heavy atom. The standard InChI is InChI=1S/C30H33NO3/c1-33-28-17-16-24(18-29(28)34-25-14-8-9-15-25)26-20-31(19-22-10-4-2-5-11-22)21-27(26)30(32)23-12-6-3-7-13-23/h2-7,10-13,16-18,25-27H,8-9,14-15,19-21H2,1H3. The van der Waals surface area contributed by atoms with Gasteiger partial charge in [0, 0.05) is 37.0 Å². The van der Waals surface area contributed by atoms with E-state index in [1.54, 1.807) is 7.11 Å². The van der Waals surface area contributed by atoms with Crippen LogP contribution in [0.3, 0.4) is 0 Å². The zero-order valence-corrected chi connectivity index (χ0v) is 19.9. The van der Waals surface area contributed by atoms with Crippen molar-refractivity contribution in [3.63, 3.8) is 0 Å². The second-order valence-electron chi connectivity index (χ2n) is 9.56. The topological polar surface area (TPSA) is 38.8 Å². The largest absolute Gasteiger partial charge is 0.493 e. The summed E-state index contributed by atoms with van der Waals surface area (Å²) in [5, 5.41) is 0. The van der Waals surface area contributed by atoms with E-state index in [-0.39, 0.29) is 23.7 Å². The molecule has 1 saturated heterocycles. The fraction of sp³-hybridized carbons (Fsp3) is 0.367. The van der Waals surface area contributed by atoms with Gasteiger partial charge in [0.1, 0.15) is 0 Å². The molecule has 2 fully saturated rings. The van der Waals surface area contributed by atoms with Crippen molar-refractivity contribution in [1.82, 2.24) is 4.90 Å². The molecule has 0 aromatic heterocycles. The van der Waals surface area contributed by atoms with E-state index in [0.717, 1.165) is 55.1 Å². The molecular weight excluding hydrogens is 422 g/mol. The summed E-state index contributed by atoms with van der Waals surface area (Å²) >= 11 is 0. The number of nitrogens with zero attached hydrogens (tertiary/aromatic N) is 1. The minimum absolute atomic E-state index is 0.0983. The van der Waals surface area contributed by atoms with Gasteiger partial charge in [-0.15, -0.1) is 0 Å². The molecule has 2 unspecified atom stereocenters. The molecule has 176 valence electrons. The van der Waals surface area contributed by atoms with Gasteiger partial charge in [0.05, 0.1) is 13.2 Å². The van der Waals surface area contributed by atoms with Crippen molar-refractivity contribution >= 4 is 5.78 Å². The highest BCUT2D eigenvalue weighted by Gasteiger charge is 2.39. The summed E-state index contributed by atoms with van der Waals surface area (Å²) in [7, 11) is 1.69. The van der Waals surface area contributed by atoms with Crippen molar-refractivity contribution in [2.75, 3.05) is 20.2 Å². The van der Waals surface area contributed by atoms with Gasteiger partial charge in [-0.2, -0.15) is 0 Å². The van der Waals surface area contributed by atoms with Crippen LogP contribution in [0, 0.1) is 5.92 Å². The molecule has 1 aliphatic carbocycles. The number of ketones is 1. The number of carbonyl (C=O) groups excluding carboxylic acids is 1. The Kier molecular flexibility index (Phi) is 6.96. The number of Topliss-reactive ketones (excluding diaryl/α,β-unsaturated/α-hetero) is 1. The van der Waals surface area contributed by atoms with Crippen LogP contribution in [-0.4, -0.2) is 37.0 Å². The van der Waals surface area contributed by atoms with Gasteiger partial charge in [0.2, 0.25) is 0 Å². The van der Waals surface area contributed by atoms with Crippen LogP contribution in [0.1, 0.15) is 53.1 Å². The van der Waals surface area contributed by atoms with Crippen LogP contribution in [-0.2, 0) is 6.54 Å². The Labute approximate surface area is 202 Å². The number of rotatable bonds is 8. The molecule has 2 atom stereocenters. The molecule has 4 heteroatoms. The van der Waals surface area contributed by atoms with Gasteiger partial charge in [-0.05, 0) is 48.9 Å². The smallest absolute Gasteiger partial charge is 0.167 e. The third-order valence-corrected chi connectivity index (χ3v) is 7.25. The Morgan fingerprint density at radius 2 is 1.59 bits per heavy atom. The lowest BCUT2D eigenvalue weighted by atomic mass is 9.83. The van der Waals surface area contributed by atoms with Crippen LogP contribution < -0.4 is 9.47 Å². The Balaban J connectivity index is 1.44. The number of carbonyl (C=O) groups is 1. The van der Waals surface area contributed by atoms with E-state index in [1.807, 2.05) is 42.5 Å². The molecule has 1 heterocycles. The quantitative estimate of drug-likeness (QED) is 0.384. The average molecular weight is 456 g/mol. The van der Waals surface area contributed by atoms with Gasteiger partial charge in [-0.3, -0.25) is 9.69 Å². The third-order valence-electron chi connectivity index (χ3n) is 7.25. The molecule has 5 rings (SSSR count). The van der Waals surface area contributed by atoms with E-state index >= 15 is 0 Å². The maximum atomic E-state index is 13.6. The summed E-state index contributed by atoms with van der Waals surface area (Å²) in [5.41, 5.74) is 3.21. The van der Waals surface area contributed by atoms with Gasteiger partial charge in [0.25, 0.3) is 0 Å². The normalized spacial score (nSPS) is 21.0. The predicted molar refractivity (Wildman–Crippen MR) is 135 cm³/mol. The molecule has 0 bridgehead atoms. The van der Waals surface area contributed by atoms with Gasteiger partial charge in [0.15, 0.2) is 17.3 Å². The highest BCUT2D eigenvalue weighted by atomic mass is 16.5. The molecular formula is C30H33NO3. The van der Waals surface area contributed by atoms with Gasteiger partial charge >= 0.3 is 0 Å². The minimum Gasteiger partial charge on any atom is -0.493 e. The van der Waals surface area contributed by atoms with Gasteiger partial charge < -0.3 is 9.47 Å². The molecule has 0 amide bonds. The Morgan fingerprint density at radius 1 is 0.882 bits per heavy atom. The summed E-state index contributed by atoms with van der Waals surface area (Å²) in [6.45, 7) is 2.43. The summed E-state index contributed by atoms with van der Waals surface area (Å²) < 4.78 is 12.0. The first-order valence-corrected chi connectivity index (χ1v) is 12.4. The van der Waals surface area contributed by atoms with E-state index in [2.05, 4.69) is 41.3 Å². The molecule has 0 radical (unpaired) electrons. The highest BCUT2D eigenvalue weighted by Crippen LogP contribution is 2.40. The molecule has 0 spiro atoms. The van der Waals surface area contributed by atoms with Crippen molar-refractivity contribution in [2.24, 2.45) is 5.92 Å². The zero-order valence-electron chi connectivity index (χ0n) is 19.9. The number of ether oxygens (including phenoxy) is 2. The number of benzene rings is 3. The van der Waals surface area contributed by atoms with E-state index in [4.69, 9.17) is 9.47 Å². The second kappa shape index (κ2) is 10.4. The van der Waals surface area contributed by atoms with Crippen molar-refractivity contribution in [3.05, 3.63) is 95.6 Å². The van der Waals surface area contributed by atoms with E-state index in [9.17, 15) is 4.79 Å². The lowest BCUT2D eigenvalue weighted by Gasteiger charge is -2.21. The average Bonchev–Trinajstić information content (AvgIpc) is 3.55. The molecule has 2 aliphatic rings. The van der Waals surface area contributed by atoms with Crippen LogP contribution in [0.4, 0.5) is 0 Å². The molecule has 1 aliphatic heterocycles. The maximum Gasteiger partial charge on any atom is 0.167 e. The highest BCUT2D eigenvalue weighted by molar-refractivity contribution is 5.98. The van der Waals surface area contributed by atoms with Gasteiger partial charge in [-0.25, -0.2) is 0 Å². The van der Waals surface area contributed by atoms with Crippen LogP contribution in [0.25, 0.3) is 0 Å². The zero-order chi connectivity index (χ0) is 23.3. The number of hydrogen-bond acceptors (Lipinski definition) is 4. The Bertz CT molecular complexity index is 1090. The second-order valence-corrected chi connectivity index (χ2v) is 9.56.